The summed E-state index contributed by atoms with van der Waals surface area (Å²) in [6.07, 6.45) is 9.84. The molecule has 2 unspecified atom stereocenters. The molecular weight excluding hydrogens is 418 g/mol. The van der Waals surface area contributed by atoms with Gasteiger partial charge in [-0.15, -0.1) is 0 Å². The maximum Gasteiger partial charge on any atom is 0.339 e. The second-order valence-electron chi connectivity index (χ2n) is 9.89. The summed E-state index contributed by atoms with van der Waals surface area (Å²) in [5.41, 5.74) is 1.34. The molecule has 6 nitrogen and oxygen atoms in total. The van der Waals surface area contributed by atoms with Crippen molar-refractivity contribution in [1.29, 1.82) is 0 Å². The largest absolute Gasteiger partial charge is 0.484 e. The molecule has 1 saturated carbocycles. The predicted octanol–water partition coefficient (Wildman–Crippen LogP) is 4.76. The van der Waals surface area contributed by atoms with E-state index in [1.807, 2.05) is 24.0 Å². The van der Waals surface area contributed by atoms with E-state index in [-0.39, 0.29) is 24.1 Å². The van der Waals surface area contributed by atoms with Crippen molar-refractivity contribution in [3.05, 3.63) is 39.7 Å². The van der Waals surface area contributed by atoms with Crippen LogP contribution in [0.1, 0.15) is 75.8 Å². The van der Waals surface area contributed by atoms with E-state index in [0.717, 1.165) is 67.9 Å². The number of aliphatic hydroxyl groups is 1. The highest BCUT2D eigenvalue weighted by Crippen LogP contribution is 2.39. The highest BCUT2D eigenvalue weighted by atomic mass is 16.5. The van der Waals surface area contributed by atoms with Gasteiger partial charge in [-0.3, -0.25) is 4.79 Å². The Morgan fingerprint density at radius 1 is 1.24 bits per heavy atom. The summed E-state index contributed by atoms with van der Waals surface area (Å²) in [5.74, 6) is 0.612. The minimum absolute atomic E-state index is 0.0601. The lowest BCUT2D eigenvalue weighted by atomic mass is 9.71. The minimum atomic E-state index is -0.599. The molecular formula is C27H37NO5. The van der Waals surface area contributed by atoms with Gasteiger partial charge in [0.15, 0.2) is 6.61 Å². The van der Waals surface area contributed by atoms with Gasteiger partial charge in [0.05, 0.1) is 5.60 Å². The predicted molar refractivity (Wildman–Crippen MR) is 129 cm³/mol. The number of unbranched alkanes of at least 4 members (excludes halogenated alkanes) is 3. The molecule has 2 aliphatic rings. The topological polar surface area (TPSA) is 80.0 Å². The van der Waals surface area contributed by atoms with E-state index in [1.165, 1.54) is 6.42 Å². The monoisotopic (exact) mass is 455 g/mol. The van der Waals surface area contributed by atoms with Crippen molar-refractivity contribution >= 4 is 16.9 Å². The Kier molecular flexibility index (Phi) is 7.42. The van der Waals surface area contributed by atoms with Crippen LogP contribution in [0.25, 0.3) is 11.0 Å². The van der Waals surface area contributed by atoms with Gasteiger partial charge in [0.2, 0.25) is 0 Å². The number of ether oxygens (including phenoxy) is 1. The van der Waals surface area contributed by atoms with Crippen LogP contribution in [0.3, 0.4) is 0 Å². The van der Waals surface area contributed by atoms with Crippen LogP contribution in [-0.2, 0) is 11.2 Å². The number of carbonyl (C=O) groups excluding carboxylic acids is 1. The average molecular weight is 456 g/mol. The third kappa shape index (κ3) is 5.26. The normalized spacial score (nSPS) is 22.9. The van der Waals surface area contributed by atoms with Gasteiger partial charge >= 0.3 is 5.63 Å². The van der Waals surface area contributed by atoms with Gasteiger partial charge in [0.1, 0.15) is 11.3 Å². The van der Waals surface area contributed by atoms with Crippen LogP contribution in [0.15, 0.2) is 27.4 Å². The van der Waals surface area contributed by atoms with Gasteiger partial charge in [0, 0.05) is 36.0 Å². The van der Waals surface area contributed by atoms with Crippen molar-refractivity contribution in [2.75, 3.05) is 19.7 Å². The number of hydrogen-bond acceptors (Lipinski definition) is 5. The molecule has 0 bridgehead atoms. The summed E-state index contributed by atoms with van der Waals surface area (Å²) < 4.78 is 11.4. The summed E-state index contributed by atoms with van der Waals surface area (Å²) in [4.78, 5) is 27.1. The highest BCUT2D eigenvalue weighted by Gasteiger charge is 2.43. The Morgan fingerprint density at radius 3 is 2.91 bits per heavy atom. The van der Waals surface area contributed by atoms with E-state index in [9.17, 15) is 14.7 Å². The van der Waals surface area contributed by atoms with E-state index in [0.29, 0.717) is 30.8 Å². The number of hydrogen-bond donors (Lipinski definition) is 1. The van der Waals surface area contributed by atoms with E-state index in [4.69, 9.17) is 9.15 Å². The van der Waals surface area contributed by atoms with Crippen molar-refractivity contribution in [2.45, 2.75) is 83.7 Å². The number of carbonyl (C=O) groups is 1. The molecule has 0 spiro atoms. The molecule has 1 aliphatic heterocycles. The Labute approximate surface area is 195 Å². The van der Waals surface area contributed by atoms with Gasteiger partial charge in [-0.25, -0.2) is 4.79 Å². The molecule has 2 fully saturated rings. The van der Waals surface area contributed by atoms with Gasteiger partial charge in [0.25, 0.3) is 5.91 Å². The number of rotatable bonds is 8. The van der Waals surface area contributed by atoms with Crippen LogP contribution in [-0.4, -0.2) is 41.2 Å². The van der Waals surface area contributed by atoms with Crippen LogP contribution in [0, 0.1) is 12.8 Å². The molecule has 1 aliphatic carbocycles. The van der Waals surface area contributed by atoms with Crippen molar-refractivity contribution in [3.63, 3.8) is 0 Å². The molecule has 1 aromatic carbocycles. The SMILES string of the molecule is CCCCCCc1c(C)c2ccc(OCC(=O)N3CCC4(O)CCCCC4C3)cc2oc1=O. The van der Waals surface area contributed by atoms with Crippen molar-refractivity contribution < 1.29 is 19.1 Å². The van der Waals surface area contributed by atoms with Crippen LogP contribution in [0.2, 0.25) is 0 Å². The highest BCUT2D eigenvalue weighted by molar-refractivity contribution is 5.82. The molecule has 2 atom stereocenters. The molecule has 1 N–H and O–H groups in total. The Balaban J connectivity index is 1.39. The van der Waals surface area contributed by atoms with Crippen molar-refractivity contribution in [2.24, 2.45) is 5.92 Å². The first-order valence-corrected chi connectivity index (χ1v) is 12.6. The van der Waals surface area contributed by atoms with E-state index < -0.39 is 5.60 Å². The van der Waals surface area contributed by atoms with Crippen LogP contribution in [0.5, 0.6) is 5.75 Å². The van der Waals surface area contributed by atoms with Crippen LogP contribution >= 0.6 is 0 Å². The maximum atomic E-state index is 12.8. The standard InChI is InChI=1S/C27H37NO5/c1-3-4-5-6-10-23-19(2)22-12-11-21(16-24(22)33-26(23)30)32-18-25(29)28-15-14-27(31)13-8-7-9-20(27)17-28/h11-12,16,20,31H,3-10,13-15,17-18H2,1-2H3. The van der Waals surface area contributed by atoms with Crippen LogP contribution < -0.4 is 10.4 Å². The molecule has 180 valence electrons. The van der Waals surface area contributed by atoms with Gasteiger partial charge in [-0.2, -0.15) is 0 Å². The van der Waals surface area contributed by atoms with Crippen molar-refractivity contribution in [1.82, 2.24) is 4.90 Å². The lowest BCUT2D eigenvalue weighted by Gasteiger charge is -2.47. The molecule has 1 aromatic heterocycles. The number of piperidine rings is 1. The lowest BCUT2D eigenvalue weighted by molar-refractivity contribution is -0.145. The molecule has 6 heteroatoms. The molecule has 33 heavy (non-hydrogen) atoms. The summed E-state index contributed by atoms with van der Waals surface area (Å²) in [5, 5.41) is 11.7. The first-order chi connectivity index (χ1) is 15.9. The van der Waals surface area contributed by atoms with Gasteiger partial charge < -0.3 is 19.2 Å². The summed E-state index contributed by atoms with van der Waals surface area (Å²) in [7, 11) is 0. The third-order valence-corrected chi connectivity index (χ3v) is 7.68. The number of benzene rings is 1. The molecule has 0 radical (unpaired) electrons. The molecule has 4 rings (SSSR count). The second-order valence-corrected chi connectivity index (χ2v) is 9.89. The van der Waals surface area contributed by atoms with E-state index in [2.05, 4.69) is 6.92 Å². The minimum Gasteiger partial charge on any atom is -0.484 e. The van der Waals surface area contributed by atoms with E-state index >= 15 is 0 Å². The number of nitrogens with zero attached hydrogens (tertiary/aromatic N) is 1. The zero-order valence-electron chi connectivity index (χ0n) is 20.0. The quantitative estimate of drug-likeness (QED) is 0.459. The number of aryl methyl sites for hydroxylation is 1. The lowest BCUT2D eigenvalue weighted by Crippen LogP contribution is -2.55. The Hall–Kier alpha value is -2.34. The number of amides is 1. The average Bonchev–Trinajstić information content (AvgIpc) is 2.81. The number of likely N-dealkylation sites (tertiary alicyclic amines) is 1. The third-order valence-electron chi connectivity index (χ3n) is 7.68. The Bertz CT molecular complexity index is 1040. The zero-order chi connectivity index (χ0) is 23.4. The summed E-state index contributed by atoms with van der Waals surface area (Å²) >= 11 is 0. The second kappa shape index (κ2) is 10.3. The fourth-order valence-corrected chi connectivity index (χ4v) is 5.52. The molecule has 1 amide bonds. The fraction of sp³-hybridized carbons (Fsp3) is 0.630. The van der Waals surface area contributed by atoms with Gasteiger partial charge in [-0.1, -0.05) is 39.0 Å². The smallest absolute Gasteiger partial charge is 0.339 e. The molecule has 2 heterocycles. The van der Waals surface area contributed by atoms with Gasteiger partial charge in [-0.05, 0) is 56.7 Å². The molecule has 2 aromatic rings. The molecule has 1 saturated heterocycles. The first-order valence-electron chi connectivity index (χ1n) is 12.6. The van der Waals surface area contributed by atoms with Crippen molar-refractivity contribution in [3.8, 4) is 5.75 Å². The zero-order valence-corrected chi connectivity index (χ0v) is 20.0. The number of fused-ring (bicyclic) bond motifs is 2. The summed E-state index contributed by atoms with van der Waals surface area (Å²) in [6, 6.07) is 5.44. The summed E-state index contributed by atoms with van der Waals surface area (Å²) in [6.45, 7) is 5.26. The van der Waals surface area contributed by atoms with Crippen LogP contribution in [0.4, 0.5) is 0 Å². The van der Waals surface area contributed by atoms with E-state index in [1.54, 1.807) is 6.07 Å². The fourth-order valence-electron chi connectivity index (χ4n) is 5.52. The Morgan fingerprint density at radius 2 is 2.09 bits per heavy atom. The first kappa shape index (κ1) is 23.8. The maximum absolute atomic E-state index is 12.8.